The summed E-state index contributed by atoms with van der Waals surface area (Å²) in [6.45, 7) is 1.71. The third kappa shape index (κ3) is 3.19. The van der Waals surface area contributed by atoms with Crippen LogP contribution in [-0.2, 0) is 10.0 Å². The molecule has 2 aromatic rings. The fraction of sp³-hybridized carbons (Fsp3) is 0.111. The van der Waals surface area contributed by atoms with E-state index in [1.807, 2.05) is 0 Å². The van der Waals surface area contributed by atoms with Crippen LogP contribution in [0, 0.1) is 6.92 Å². The van der Waals surface area contributed by atoms with Gasteiger partial charge in [-0.2, -0.15) is 0 Å². The van der Waals surface area contributed by atoms with Gasteiger partial charge in [0.25, 0.3) is 10.0 Å². The summed E-state index contributed by atoms with van der Waals surface area (Å²) < 4.78 is 27.4. The molecule has 0 spiro atoms. The van der Waals surface area contributed by atoms with Crippen molar-refractivity contribution in [3.8, 4) is 0 Å². The van der Waals surface area contributed by atoms with Crippen LogP contribution in [-0.4, -0.2) is 18.4 Å². The number of aryl methyl sites for hydroxylation is 1. The van der Waals surface area contributed by atoms with Gasteiger partial charge in [-0.1, -0.05) is 23.2 Å². The molecule has 0 bridgehead atoms. The van der Waals surface area contributed by atoms with Gasteiger partial charge in [-0.3, -0.25) is 4.72 Å². The predicted octanol–water partition coefficient (Wildman–Crippen LogP) is 3.72. The van der Waals surface area contributed by atoms with Crippen molar-refractivity contribution in [2.24, 2.45) is 0 Å². The molecule has 19 heavy (non-hydrogen) atoms. The van der Waals surface area contributed by atoms with Crippen molar-refractivity contribution < 1.29 is 8.42 Å². The molecule has 0 radical (unpaired) electrons. The number of anilines is 1. The first-order valence-corrected chi connectivity index (χ1v) is 8.61. The lowest BCUT2D eigenvalue weighted by Gasteiger charge is -2.08. The van der Waals surface area contributed by atoms with E-state index in [1.165, 1.54) is 17.4 Å². The highest BCUT2D eigenvalue weighted by Gasteiger charge is 2.22. The molecule has 0 saturated heterocycles. The molecule has 2 heterocycles. The Morgan fingerprint density at radius 2 is 2.05 bits per heavy atom. The van der Waals surface area contributed by atoms with Gasteiger partial charge in [-0.15, -0.1) is 11.3 Å². The maximum atomic E-state index is 12.2. The number of thiophene rings is 1. The molecule has 0 atom stereocenters. The van der Waals surface area contributed by atoms with Crippen molar-refractivity contribution in [3.63, 3.8) is 0 Å². The second-order valence-electron chi connectivity index (χ2n) is 3.40. The van der Waals surface area contributed by atoms with Crippen LogP contribution in [0.25, 0.3) is 0 Å². The molecule has 0 fully saturated rings. The van der Waals surface area contributed by atoms with Gasteiger partial charge in [0.15, 0.2) is 11.0 Å². The Kier molecular flexibility index (Phi) is 4.36. The van der Waals surface area contributed by atoms with Crippen LogP contribution in [0.3, 0.4) is 0 Å². The van der Waals surface area contributed by atoms with Gasteiger partial charge >= 0.3 is 0 Å². The summed E-state index contributed by atoms with van der Waals surface area (Å²) in [6, 6.07) is 1.51. The second-order valence-corrected chi connectivity index (χ2v) is 8.43. The zero-order valence-corrected chi connectivity index (χ0v) is 14.0. The highest BCUT2D eigenvalue weighted by atomic mass is 79.9. The number of hydrogen-bond acceptors (Lipinski definition) is 5. The van der Waals surface area contributed by atoms with Crippen LogP contribution in [0.4, 0.5) is 5.82 Å². The van der Waals surface area contributed by atoms with Crippen molar-refractivity contribution in [2.75, 3.05) is 4.72 Å². The smallest absolute Gasteiger partial charge is 0.262 e. The van der Waals surface area contributed by atoms with E-state index in [-0.39, 0.29) is 20.9 Å². The minimum absolute atomic E-state index is 0.0161. The molecule has 102 valence electrons. The van der Waals surface area contributed by atoms with Crippen molar-refractivity contribution in [1.29, 1.82) is 0 Å². The fourth-order valence-corrected chi connectivity index (χ4v) is 5.07. The van der Waals surface area contributed by atoms with Crippen LogP contribution in [0.5, 0.6) is 0 Å². The Labute approximate surface area is 132 Å². The van der Waals surface area contributed by atoms with E-state index >= 15 is 0 Å². The molecule has 0 saturated carbocycles. The molecule has 0 amide bonds. The Bertz CT molecular complexity index is 733. The Morgan fingerprint density at radius 3 is 2.63 bits per heavy atom. The van der Waals surface area contributed by atoms with Gasteiger partial charge < -0.3 is 0 Å². The average molecular weight is 403 g/mol. The van der Waals surface area contributed by atoms with Crippen LogP contribution >= 0.6 is 50.5 Å². The lowest BCUT2D eigenvalue weighted by Crippen LogP contribution is -2.14. The number of halogens is 3. The molecule has 10 heteroatoms. The maximum absolute atomic E-state index is 12.2. The number of rotatable bonds is 3. The van der Waals surface area contributed by atoms with Crippen LogP contribution in [0.15, 0.2) is 21.1 Å². The minimum atomic E-state index is -3.77. The van der Waals surface area contributed by atoms with E-state index in [0.717, 1.165) is 10.1 Å². The van der Waals surface area contributed by atoms with Crippen LogP contribution < -0.4 is 4.72 Å². The summed E-state index contributed by atoms with van der Waals surface area (Å²) in [4.78, 5) is 8.22. The molecular weight excluding hydrogens is 397 g/mol. The summed E-state index contributed by atoms with van der Waals surface area (Å²) in [6.07, 6.45) is 1.13. The topological polar surface area (TPSA) is 72.0 Å². The highest BCUT2D eigenvalue weighted by Crippen LogP contribution is 2.32. The summed E-state index contributed by atoms with van der Waals surface area (Å²) in [5.41, 5.74) is 0. The van der Waals surface area contributed by atoms with Crippen molar-refractivity contribution in [2.45, 2.75) is 11.8 Å². The molecule has 0 aromatic carbocycles. The van der Waals surface area contributed by atoms with E-state index in [1.54, 1.807) is 6.92 Å². The molecule has 5 nitrogen and oxygen atoms in total. The number of aromatic nitrogens is 2. The average Bonchev–Trinajstić information content (AvgIpc) is 2.65. The summed E-state index contributed by atoms with van der Waals surface area (Å²) in [5, 5.41) is -0.0581. The SMILES string of the molecule is Cc1sc(Br)cc1S(=O)(=O)Nc1ncnc(Cl)c1Cl. The number of sulfonamides is 1. The van der Waals surface area contributed by atoms with Crippen molar-refractivity contribution >= 4 is 66.3 Å². The van der Waals surface area contributed by atoms with E-state index in [2.05, 4.69) is 30.6 Å². The largest absolute Gasteiger partial charge is 0.264 e. The number of hydrogen-bond donors (Lipinski definition) is 1. The lowest BCUT2D eigenvalue weighted by atomic mass is 10.5. The molecule has 0 aliphatic heterocycles. The summed E-state index contributed by atoms with van der Waals surface area (Å²) in [5.74, 6) is -0.0524. The minimum Gasteiger partial charge on any atom is -0.262 e. The van der Waals surface area contributed by atoms with Gasteiger partial charge in [0.05, 0.1) is 3.79 Å². The summed E-state index contributed by atoms with van der Waals surface area (Å²) >= 11 is 16.1. The zero-order chi connectivity index (χ0) is 14.2. The fourth-order valence-electron chi connectivity index (χ4n) is 1.30. The van der Waals surface area contributed by atoms with Crippen molar-refractivity contribution in [1.82, 2.24) is 9.97 Å². The Balaban J connectivity index is 2.42. The highest BCUT2D eigenvalue weighted by molar-refractivity contribution is 9.11. The van der Waals surface area contributed by atoms with Gasteiger partial charge in [0, 0.05) is 4.88 Å². The van der Waals surface area contributed by atoms with Crippen LogP contribution in [0.1, 0.15) is 4.88 Å². The Morgan fingerprint density at radius 1 is 1.37 bits per heavy atom. The molecule has 2 rings (SSSR count). The van der Waals surface area contributed by atoms with Crippen molar-refractivity contribution in [3.05, 3.63) is 31.2 Å². The third-order valence-electron chi connectivity index (χ3n) is 2.11. The third-order valence-corrected chi connectivity index (χ3v) is 6.00. The van der Waals surface area contributed by atoms with E-state index < -0.39 is 10.0 Å². The Hall–Kier alpha value is -0.410. The molecule has 2 aromatic heterocycles. The van der Waals surface area contributed by atoms with E-state index in [4.69, 9.17) is 23.2 Å². The number of nitrogens with zero attached hydrogens (tertiary/aromatic N) is 2. The second kappa shape index (κ2) is 5.53. The zero-order valence-electron chi connectivity index (χ0n) is 9.32. The first kappa shape index (κ1) is 15.0. The first-order chi connectivity index (χ1) is 8.81. The number of nitrogens with one attached hydrogen (secondary N) is 1. The van der Waals surface area contributed by atoms with Gasteiger partial charge in [-0.05, 0) is 28.9 Å². The van der Waals surface area contributed by atoms with Crippen LogP contribution in [0.2, 0.25) is 10.2 Å². The lowest BCUT2D eigenvalue weighted by molar-refractivity contribution is 0.601. The molecule has 0 unspecified atom stereocenters. The molecule has 1 N–H and O–H groups in total. The normalized spacial score (nSPS) is 11.6. The van der Waals surface area contributed by atoms with E-state index in [0.29, 0.717) is 4.88 Å². The standard InChI is InChI=1S/C9H6BrCl2N3O2S2/c1-4-5(2-6(10)18-4)19(16,17)15-9-7(11)8(12)13-3-14-9/h2-3H,1H3,(H,13,14,15). The molecular formula is C9H6BrCl2N3O2S2. The monoisotopic (exact) mass is 401 g/mol. The first-order valence-electron chi connectivity index (χ1n) is 4.76. The van der Waals surface area contributed by atoms with E-state index in [9.17, 15) is 8.42 Å². The molecule has 0 aliphatic carbocycles. The summed E-state index contributed by atoms with van der Waals surface area (Å²) in [7, 11) is -3.77. The molecule has 0 aliphatic rings. The predicted molar refractivity (Wildman–Crippen MR) is 79.6 cm³/mol. The van der Waals surface area contributed by atoms with Gasteiger partial charge in [-0.25, -0.2) is 18.4 Å². The maximum Gasteiger partial charge on any atom is 0.264 e. The van der Waals surface area contributed by atoms with Gasteiger partial charge in [0.1, 0.15) is 16.2 Å². The van der Waals surface area contributed by atoms with Gasteiger partial charge in [0.2, 0.25) is 0 Å². The quantitative estimate of drug-likeness (QED) is 0.794.